The number of hydrogen-bond acceptors (Lipinski definition) is 4. The van der Waals surface area contributed by atoms with Crippen molar-refractivity contribution in [2.24, 2.45) is 0 Å². The largest absolute Gasteiger partial charge is 0.494 e. The van der Waals surface area contributed by atoms with Crippen LogP contribution in [-0.4, -0.2) is 25.7 Å². The van der Waals surface area contributed by atoms with E-state index in [1.54, 1.807) is 24.3 Å². The summed E-state index contributed by atoms with van der Waals surface area (Å²) in [5.41, 5.74) is 1.99. The molecule has 0 atom stereocenters. The summed E-state index contributed by atoms with van der Waals surface area (Å²) < 4.78 is 9.99. The molecule has 0 saturated heterocycles. The number of esters is 1. The topological polar surface area (TPSA) is 76.7 Å². The zero-order valence-corrected chi connectivity index (χ0v) is 13.7. The Bertz CT molecular complexity index is 681. The Morgan fingerprint density at radius 1 is 1.00 bits per heavy atom. The van der Waals surface area contributed by atoms with Crippen LogP contribution in [0.15, 0.2) is 48.5 Å². The van der Waals surface area contributed by atoms with Gasteiger partial charge in [0.2, 0.25) is 0 Å². The summed E-state index contributed by atoms with van der Waals surface area (Å²) in [6.45, 7) is 2.95. The summed E-state index contributed by atoms with van der Waals surface area (Å²) in [6, 6.07) is 13.7. The summed E-state index contributed by atoms with van der Waals surface area (Å²) in [7, 11) is 1.32. The molecular formula is C18H20N2O4. The lowest BCUT2D eigenvalue weighted by atomic mass is 10.2. The molecule has 24 heavy (non-hydrogen) atoms. The van der Waals surface area contributed by atoms with Crippen LogP contribution in [0.4, 0.5) is 10.5 Å². The zero-order chi connectivity index (χ0) is 17.4. The van der Waals surface area contributed by atoms with Crippen LogP contribution in [0.25, 0.3) is 0 Å². The van der Waals surface area contributed by atoms with E-state index >= 15 is 0 Å². The maximum absolute atomic E-state index is 11.9. The fraction of sp³-hybridized carbons (Fsp3) is 0.222. The van der Waals surface area contributed by atoms with Crippen molar-refractivity contribution in [2.45, 2.75) is 13.5 Å². The van der Waals surface area contributed by atoms with E-state index in [9.17, 15) is 9.59 Å². The molecule has 126 valence electrons. The van der Waals surface area contributed by atoms with Gasteiger partial charge in [0, 0.05) is 12.2 Å². The van der Waals surface area contributed by atoms with Gasteiger partial charge in [-0.15, -0.1) is 0 Å². The molecule has 6 nitrogen and oxygen atoms in total. The summed E-state index contributed by atoms with van der Waals surface area (Å²) in [5, 5.41) is 5.47. The van der Waals surface area contributed by atoms with Gasteiger partial charge in [-0.3, -0.25) is 0 Å². The number of carbonyl (C=O) groups is 2. The van der Waals surface area contributed by atoms with E-state index in [0.717, 1.165) is 11.3 Å². The average molecular weight is 328 g/mol. The lowest BCUT2D eigenvalue weighted by Gasteiger charge is -2.09. The summed E-state index contributed by atoms with van der Waals surface area (Å²) in [6.07, 6.45) is 0. The molecule has 2 aromatic carbocycles. The van der Waals surface area contributed by atoms with Crippen LogP contribution < -0.4 is 15.4 Å². The summed E-state index contributed by atoms with van der Waals surface area (Å²) >= 11 is 0. The Morgan fingerprint density at radius 2 is 1.67 bits per heavy atom. The highest BCUT2D eigenvalue weighted by atomic mass is 16.5. The van der Waals surface area contributed by atoms with Crippen LogP contribution in [0.5, 0.6) is 5.75 Å². The number of anilines is 1. The first-order chi connectivity index (χ1) is 11.6. The van der Waals surface area contributed by atoms with Gasteiger partial charge in [-0.05, 0) is 48.9 Å². The van der Waals surface area contributed by atoms with Gasteiger partial charge < -0.3 is 20.1 Å². The molecule has 0 aliphatic heterocycles. The van der Waals surface area contributed by atoms with Crippen LogP contribution in [0.2, 0.25) is 0 Å². The zero-order valence-electron chi connectivity index (χ0n) is 13.7. The van der Waals surface area contributed by atoms with Crippen molar-refractivity contribution >= 4 is 17.7 Å². The lowest BCUT2D eigenvalue weighted by Crippen LogP contribution is -2.28. The third-order valence-corrected chi connectivity index (χ3v) is 3.25. The lowest BCUT2D eigenvalue weighted by molar-refractivity contribution is 0.0600. The molecule has 0 aliphatic rings. The number of nitrogens with one attached hydrogen (secondary N) is 2. The second-order valence-electron chi connectivity index (χ2n) is 4.95. The number of amides is 2. The first kappa shape index (κ1) is 17.3. The molecule has 2 aromatic rings. The highest BCUT2D eigenvalue weighted by Crippen LogP contribution is 2.12. The quantitative estimate of drug-likeness (QED) is 0.799. The average Bonchev–Trinajstić information content (AvgIpc) is 2.61. The van der Waals surface area contributed by atoms with Crippen molar-refractivity contribution in [3.8, 4) is 5.75 Å². The van der Waals surface area contributed by atoms with Crippen LogP contribution in [0.3, 0.4) is 0 Å². The van der Waals surface area contributed by atoms with Gasteiger partial charge in [0.15, 0.2) is 0 Å². The SMILES string of the molecule is CCOc1ccc(CNC(=O)Nc2ccc(C(=O)OC)cc2)cc1. The predicted octanol–water partition coefficient (Wildman–Crippen LogP) is 3.19. The number of methoxy groups -OCH3 is 1. The van der Waals surface area contributed by atoms with Gasteiger partial charge in [-0.25, -0.2) is 9.59 Å². The van der Waals surface area contributed by atoms with Gasteiger partial charge >= 0.3 is 12.0 Å². The molecule has 0 radical (unpaired) electrons. The number of carbonyl (C=O) groups excluding carboxylic acids is 2. The Kier molecular flexibility index (Phi) is 6.19. The molecule has 0 spiro atoms. The second-order valence-corrected chi connectivity index (χ2v) is 4.95. The number of rotatable bonds is 6. The molecule has 0 bridgehead atoms. The Morgan fingerprint density at radius 3 is 2.25 bits per heavy atom. The highest BCUT2D eigenvalue weighted by molar-refractivity contribution is 5.92. The van der Waals surface area contributed by atoms with Crippen LogP contribution in [0, 0.1) is 0 Å². The summed E-state index contributed by atoms with van der Waals surface area (Å²) in [5.74, 6) is 0.387. The minimum absolute atomic E-state index is 0.324. The van der Waals surface area contributed by atoms with Gasteiger partial charge in [0.1, 0.15) is 5.75 Å². The molecule has 2 amide bonds. The molecule has 0 heterocycles. The third kappa shape index (κ3) is 5.01. The molecule has 2 N–H and O–H groups in total. The van der Waals surface area contributed by atoms with Crippen molar-refractivity contribution in [1.29, 1.82) is 0 Å². The van der Waals surface area contributed by atoms with E-state index in [0.29, 0.717) is 24.4 Å². The van der Waals surface area contributed by atoms with E-state index in [-0.39, 0.29) is 6.03 Å². The molecule has 0 aromatic heterocycles. The van der Waals surface area contributed by atoms with E-state index < -0.39 is 5.97 Å². The number of urea groups is 1. The van der Waals surface area contributed by atoms with E-state index in [1.807, 2.05) is 31.2 Å². The minimum Gasteiger partial charge on any atom is -0.494 e. The van der Waals surface area contributed by atoms with Crippen LogP contribution in [-0.2, 0) is 11.3 Å². The normalized spacial score (nSPS) is 9.92. The minimum atomic E-state index is -0.415. The van der Waals surface area contributed by atoms with E-state index in [4.69, 9.17) is 4.74 Å². The standard InChI is InChI=1S/C18H20N2O4/c1-3-24-16-10-4-13(5-11-16)12-19-18(22)20-15-8-6-14(7-9-15)17(21)23-2/h4-11H,3,12H2,1-2H3,(H2,19,20,22). The van der Waals surface area contributed by atoms with Crippen molar-refractivity contribution in [1.82, 2.24) is 5.32 Å². The maximum Gasteiger partial charge on any atom is 0.337 e. The fourth-order valence-corrected chi connectivity index (χ4v) is 2.04. The molecule has 0 fully saturated rings. The van der Waals surface area contributed by atoms with Gasteiger partial charge in [0.25, 0.3) is 0 Å². The first-order valence-electron chi connectivity index (χ1n) is 7.57. The van der Waals surface area contributed by atoms with Gasteiger partial charge in [0.05, 0.1) is 19.3 Å². The van der Waals surface area contributed by atoms with Crippen molar-refractivity contribution < 1.29 is 19.1 Å². The van der Waals surface area contributed by atoms with Gasteiger partial charge in [-0.2, -0.15) is 0 Å². The summed E-state index contributed by atoms with van der Waals surface area (Å²) in [4.78, 5) is 23.2. The van der Waals surface area contributed by atoms with Crippen LogP contribution >= 0.6 is 0 Å². The monoisotopic (exact) mass is 328 g/mol. The molecule has 0 saturated carbocycles. The van der Waals surface area contributed by atoms with Gasteiger partial charge in [-0.1, -0.05) is 12.1 Å². The molecule has 2 rings (SSSR count). The first-order valence-corrected chi connectivity index (χ1v) is 7.57. The third-order valence-electron chi connectivity index (χ3n) is 3.25. The van der Waals surface area contributed by atoms with E-state index in [1.165, 1.54) is 7.11 Å². The van der Waals surface area contributed by atoms with Crippen molar-refractivity contribution in [2.75, 3.05) is 19.0 Å². The molecule has 0 aliphatic carbocycles. The Balaban J connectivity index is 1.83. The Hall–Kier alpha value is -3.02. The Labute approximate surface area is 140 Å². The molecular weight excluding hydrogens is 308 g/mol. The molecule has 6 heteroatoms. The van der Waals surface area contributed by atoms with Crippen molar-refractivity contribution in [3.05, 3.63) is 59.7 Å². The highest BCUT2D eigenvalue weighted by Gasteiger charge is 2.06. The van der Waals surface area contributed by atoms with Crippen molar-refractivity contribution in [3.63, 3.8) is 0 Å². The second kappa shape index (κ2) is 8.57. The number of benzene rings is 2. The number of ether oxygens (including phenoxy) is 2. The molecule has 0 unspecified atom stereocenters. The predicted molar refractivity (Wildman–Crippen MR) is 91.3 cm³/mol. The maximum atomic E-state index is 11.9. The van der Waals surface area contributed by atoms with Crippen LogP contribution in [0.1, 0.15) is 22.8 Å². The number of hydrogen-bond donors (Lipinski definition) is 2. The fourth-order valence-electron chi connectivity index (χ4n) is 2.04. The smallest absolute Gasteiger partial charge is 0.337 e. The van der Waals surface area contributed by atoms with E-state index in [2.05, 4.69) is 15.4 Å².